The SMILES string of the molecule is CNC(C)c1cnc(C2CCCS(=O)(=O)C2)s1. The molecule has 1 aromatic rings. The Labute approximate surface area is 106 Å². The summed E-state index contributed by atoms with van der Waals surface area (Å²) in [5, 5.41) is 4.14. The molecule has 1 aliphatic rings. The highest BCUT2D eigenvalue weighted by molar-refractivity contribution is 7.91. The van der Waals surface area contributed by atoms with Crippen LogP contribution in [-0.4, -0.2) is 32.0 Å². The number of thiazole rings is 1. The summed E-state index contributed by atoms with van der Waals surface area (Å²) in [6.07, 6.45) is 3.58. The molecule has 96 valence electrons. The fourth-order valence-electron chi connectivity index (χ4n) is 2.05. The van der Waals surface area contributed by atoms with Gasteiger partial charge in [0.2, 0.25) is 0 Å². The highest BCUT2D eigenvalue weighted by Crippen LogP contribution is 2.32. The summed E-state index contributed by atoms with van der Waals surface area (Å²) >= 11 is 1.63. The highest BCUT2D eigenvalue weighted by Gasteiger charge is 2.28. The number of sulfone groups is 1. The van der Waals surface area contributed by atoms with Gasteiger partial charge in [0.1, 0.15) is 0 Å². The van der Waals surface area contributed by atoms with Gasteiger partial charge in [-0.15, -0.1) is 11.3 Å². The fraction of sp³-hybridized carbons (Fsp3) is 0.727. The molecule has 2 heterocycles. The predicted molar refractivity (Wildman–Crippen MR) is 70.2 cm³/mol. The van der Waals surface area contributed by atoms with Crippen LogP contribution in [0.1, 0.15) is 41.6 Å². The first kappa shape index (κ1) is 13.0. The standard InChI is InChI=1S/C11H18N2O2S2/c1-8(12-2)10-6-13-11(16-10)9-4-3-5-17(14,15)7-9/h6,8-9,12H,3-5,7H2,1-2H3. The molecular formula is C11H18N2O2S2. The van der Waals surface area contributed by atoms with Gasteiger partial charge in [-0.2, -0.15) is 0 Å². The van der Waals surface area contributed by atoms with Gasteiger partial charge < -0.3 is 5.32 Å². The zero-order valence-corrected chi connectivity index (χ0v) is 11.8. The van der Waals surface area contributed by atoms with Gasteiger partial charge in [-0.25, -0.2) is 13.4 Å². The Morgan fingerprint density at radius 2 is 2.35 bits per heavy atom. The average Bonchev–Trinajstić information content (AvgIpc) is 2.76. The molecule has 0 aromatic carbocycles. The van der Waals surface area contributed by atoms with E-state index < -0.39 is 9.84 Å². The molecule has 0 radical (unpaired) electrons. The number of nitrogens with one attached hydrogen (secondary N) is 1. The lowest BCUT2D eigenvalue weighted by Gasteiger charge is -2.19. The van der Waals surface area contributed by atoms with E-state index >= 15 is 0 Å². The van der Waals surface area contributed by atoms with E-state index in [0.29, 0.717) is 5.75 Å². The van der Waals surface area contributed by atoms with Crippen LogP contribution in [0.3, 0.4) is 0 Å². The maximum absolute atomic E-state index is 11.6. The zero-order chi connectivity index (χ0) is 12.5. The zero-order valence-electron chi connectivity index (χ0n) is 10.1. The van der Waals surface area contributed by atoms with Crippen molar-refractivity contribution in [2.75, 3.05) is 18.6 Å². The van der Waals surface area contributed by atoms with E-state index in [1.165, 1.54) is 4.88 Å². The minimum absolute atomic E-state index is 0.108. The monoisotopic (exact) mass is 274 g/mol. The van der Waals surface area contributed by atoms with E-state index in [-0.39, 0.29) is 17.7 Å². The predicted octanol–water partition coefficient (Wildman–Crippen LogP) is 1.72. The number of hydrogen-bond acceptors (Lipinski definition) is 5. The van der Waals surface area contributed by atoms with Crippen molar-refractivity contribution >= 4 is 21.2 Å². The van der Waals surface area contributed by atoms with E-state index in [1.54, 1.807) is 11.3 Å². The van der Waals surface area contributed by atoms with Crippen molar-refractivity contribution in [1.29, 1.82) is 0 Å². The van der Waals surface area contributed by atoms with Crippen LogP contribution in [0.5, 0.6) is 0 Å². The molecule has 2 atom stereocenters. The average molecular weight is 274 g/mol. The first-order valence-corrected chi connectivity index (χ1v) is 8.49. The molecule has 1 fully saturated rings. The van der Waals surface area contributed by atoms with Gasteiger partial charge in [0, 0.05) is 23.0 Å². The number of nitrogens with zero attached hydrogens (tertiary/aromatic N) is 1. The van der Waals surface area contributed by atoms with Crippen molar-refractivity contribution in [2.45, 2.75) is 31.7 Å². The lowest BCUT2D eigenvalue weighted by Crippen LogP contribution is -2.23. The number of rotatable bonds is 3. The molecule has 0 spiro atoms. The minimum Gasteiger partial charge on any atom is -0.312 e. The second-order valence-corrected chi connectivity index (χ2v) is 7.89. The van der Waals surface area contributed by atoms with Crippen molar-refractivity contribution in [2.24, 2.45) is 0 Å². The van der Waals surface area contributed by atoms with Crippen molar-refractivity contribution in [3.63, 3.8) is 0 Å². The Bertz CT molecular complexity index is 481. The van der Waals surface area contributed by atoms with Crippen molar-refractivity contribution in [3.8, 4) is 0 Å². The number of hydrogen-bond donors (Lipinski definition) is 1. The van der Waals surface area contributed by atoms with Crippen LogP contribution in [-0.2, 0) is 9.84 Å². The largest absolute Gasteiger partial charge is 0.312 e. The summed E-state index contributed by atoms with van der Waals surface area (Å²) in [6.45, 7) is 2.08. The van der Waals surface area contributed by atoms with Crippen molar-refractivity contribution < 1.29 is 8.42 Å². The highest BCUT2D eigenvalue weighted by atomic mass is 32.2. The first-order valence-electron chi connectivity index (χ1n) is 5.85. The van der Waals surface area contributed by atoms with Crippen LogP contribution in [0.2, 0.25) is 0 Å². The van der Waals surface area contributed by atoms with Crippen LogP contribution < -0.4 is 5.32 Å². The molecule has 1 saturated heterocycles. The van der Waals surface area contributed by atoms with E-state index in [2.05, 4.69) is 17.2 Å². The van der Waals surface area contributed by atoms with Crippen molar-refractivity contribution in [3.05, 3.63) is 16.1 Å². The van der Waals surface area contributed by atoms with Crippen LogP contribution >= 0.6 is 11.3 Å². The molecular weight excluding hydrogens is 256 g/mol. The van der Waals surface area contributed by atoms with Crippen LogP contribution in [0, 0.1) is 0 Å². The van der Waals surface area contributed by atoms with Gasteiger partial charge in [-0.3, -0.25) is 0 Å². The summed E-state index contributed by atoms with van der Waals surface area (Å²) in [6, 6.07) is 0.279. The molecule has 2 unspecified atom stereocenters. The first-order chi connectivity index (χ1) is 8.02. The maximum atomic E-state index is 11.6. The molecule has 0 saturated carbocycles. The third kappa shape index (κ3) is 3.05. The summed E-state index contributed by atoms with van der Waals surface area (Å²) in [7, 11) is -0.934. The third-order valence-electron chi connectivity index (χ3n) is 3.21. The van der Waals surface area contributed by atoms with E-state index in [4.69, 9.17) is 0 Å². The third-order valence-corrected chi connectivity index (χ3v) is 6.38. The van der Waals surface area contributed by atoms with Gasteiger partial charge >= 0.3 is 0 Å². The Morgan fingerprint density at radius 1 is 1.59 bits per heavy atom. The fourth-order valence-corrected chi connectivity index (χ4v) is 4.98. The molecule has 0 bridgehead atoms. The Balaban J connectivity index is 2.15. The van der Waals surface area contributed by atoms with Gasteiger partial charge in [0.05, 0.1) is 16.5 Å². The second kappa shape index (κ2) is 5.04. The molecule has 4 nitrogen and oxygen atoms in total. The van der Waals surface area contributed by atoms with Crippen molar-refractivity contribution in [1.82, 2.24) is 10.3 Å². The van der Waals surface area contributed by atoms with E-state index in [0.717, 1.165) is 17.8 Å². The molecule has 2 rings (SSSR count). The summed E-state index contributed by atoms with van der Waals surface area (Å²) in [5.74, 6) is 0.722. The van der Waals surface area contributed by atoms with Gasteiger partial charge in [0.25, 0.3) is 0 Å². The summed E-state index contributed by atoms with van der Waals surface area (Å²) in [5.41, 5.74) is 0. The topological polar surface area (TPSA) is 59.1 Å². The molecule has 1 aliphatic heterocycles. The minimum atomic E-state index is -2.85. The van der Waals surface area contributed by atoms with Crippen LogP contribution in [0.25, 0.3) is 0 Å². The molecule has 1 aromatic heterocycles. The lowest BCUT2D eigenvalue weighted by atomic mass is 10.1. The molecule has 6 heteroatoms. The molecule has 1 N–H and O–H groups in total. The molecule has 0 amide bonds. The summed E-state index contributed by atoms with van der Waals surface area (Å²) in [4.78, 5) is 5.56. The quantitative estimate of drug-likeness (QED) is 0.911. The van der Waals surface area contributed by atoms with E-state index in [1.807, 2.05) is 13.2 Å². The molecule has 0 aliphatic carbocycles. The number of aromatic nitrogens is 1. The Kier molecular flexibility index (Phi) is 3.85. The van der Waals surface area contributed by atoms with Gasteiger partial charge in [-0.05, 0) is 26.8 Å². The Hall–Kier alpha value is -0.460. The maximum Gasteiger partial charge on any atom is 0.151 e. The van der Waals surface area contributed by atoms with Gasteiger partial charge in [0.15, 0.2) is 9.84 Å². The second-order valence-electron chi connectivity index (χ2n) is 4.56. The van der Waals surface area contributed by atoms with E-state index in [9.17, 15) is 8.42 Å². The van der Waals surface area contributed by atoms with Crippen LogP contribution in [0.4, 0.5) is 0 Å². The van der Waals surface area contributed by atoms with Gasteiger partial charge in [-0.1, -0.05) is 0 Å². The Morgan fingerprint density at radius 3 is 3.00 bits per heavy atom. The van der Waals surface area contributed by atoms with Crippen LogP contribution in [0.15, 0.2) is 6.20 Å². The molecule has 17 heavy (non-hydrogen) atoms. The summed E-state index contributed by atoms with van der Waals surface area (Å²) < 4.78 is 23.2. The lowest BCUT2D eigenvalue weighted by molar-refractivity contribution is 0.553. The smallest absolute Gasteiger partial charge is 0.151 e. The normalized spacial score (nSPS) is 25.6.